The molecule has 0 unspecified atom stereocenters. The first kappa shape index (κ1) is 22.8. The molecular formula is C27H19N5O3S. The lowest BCUT2D eigenvalue weighted by molar-refractivity contribution is -0.137. The number of aromatic amines is 1. The number of nitrogens with zero attached hydrogens (tertiary/aromatic N) is 4. The number of allylic oxidation sites excluding steroid dienone is 1. The van der Waals surface area contributed by atoms with Gasteiger partial charge in [-0.1, -0.05) is 36.4 Å². The van der Waals surface area contributed by atoms with Crippen LogP contribution >= 0.6 is 11.3 Å². The van der Waals surface area contributed by atoms with E-state index in [9.17, 15) is 15.2 Å². The topological polar surface area (TPSA) is 117 Å². The van der Waals surface area contributed by atoms with E-state index in [0.29, 0.717) is 5.52 Å². The molecule has 0 saturated heterocycles. The molecule has 176 valence electrons. The van der Waals surface area contributed by atoms with Crippen molar-refractivity contribution in [3.8, 4) is 22.3 Å². The molecule has 5 rings (SSSR count). The highest BCUT2D eigenvalue weighted by atomic mass is 32.1. The van der Waals surface area contributed by atoms with Crippen LogP contribution in [-0.2, 0) is 9.53 Å². The highest BCUT2D eigenvalue weighted by molar-refractivity contribution is 7.13. The lowest BCUT2D eigenvalue weighted by atomic mass is 10.2. The maximum atomic E-state index is 12.4. The third kappa shape index (κ3) is 4.80. The predicted molar refractivity (Wildman–Crippen MR) is 138 cm³/mol. The molecule has 2 N–H and O–H groups in total. The van der Waals surface area contributed by atoms with Crippen LogP contribution in [0.5, 0.6) is 0 Å². The Morgan fingerprint density at radius 1 is 1.14 bits per heavy atom. The van der Waals surface area contributed by atoms with Crippen LogP contribution in [0.1, 0.15) is 11.4 Å². The first-order chi connectivity index (χ1) is 17.6. The minimum Gasteiger partial charge on any atom is -0.507 e. The highest BCUT2D eigenvalue weighted by Crippen LogP contribution is 2.28. The van der Waals surface area contributed by atoms with Gasteiger partial charge in [0, 0.05) is 17.8 Å². The third-order valence-electron chi connectivity index (χ3n) is 5.29. The number of para-hydroxylation sites is 3. The van der Waals surface area contributed by atoms with Gasteiger partial charge in [-0.25, -0.2) is 14.5 Å². The van der Waals surface area contributed by atoms with Crippen molar-refractivity contribution in [1.29, 1.82) is 5.26 Å². The number of carbonyl (C=O) groups excluding carboxylic acids is 1. The zero-order valence-electron chi connectivity index (χ0n) is 18.8. The molecule has 0 fully saturated rings. The zero-order valence-corrected chi connectivity index (χ0v) is 19.6. The largest absolute Gasteiger partial charge is 0.507 e. The molecule has 36 heavy (non-hydrogen) atoms. The van der Waals surface area contributed by atoms with Gasteiger partial charge in [-0.3, -0.25) is 0 Å². The summed E-state index contributed by atoms with van der Waals surface area (Å²) in [4.78, 5) is 20.7. The summed E-state index contributed by atoms with van der Waals surface area (Å²) in [5.41, 5.74) is 3.65. The number of fused-ring (bicyclic) bond motifs is 1. The van der Waals surface area contributed by atoms with E-state index in [-0.39, 0.29) is 11.4 Å². The second-order valence-corrected chi connectivity index (χ2v) is 8.62. The molecule has 3 heterocycles. The molecule has 0 atom stereocenters. The second kappa shape index (κ2) is 10.1. The van der Waals surface area contributed by atoms with Crippen molar-refractivity contribution in [3.63, 3.8) is 0 Å². The van der Waals surface area contributed by atoms with Crippen LogP contribution in [0.2, 0.25) is 0 Å². The van der Waals surface area contributed by atoms with Gasteiger partial charge in [0.15, 0.2) is 11.6 Å². The van der Waals surface area contributed by atoms with Gasteiger partial charge in [0.05, 0.1) is 21.6 Å². The number of aliphatic hydroxyl groups excluding tert-OH is 1. The van der Waals surface area contributed by atoms with Crippen LogP contribution in [0, 0.1) is 11.3 Å². The number of aliphatic hydroxyl groups is 1. The average molecular weight is 494 g/mol. The average Bonchev–Trinajstić information content (AvgIpc) is 3.66. The Bertz CT molecular complexity index is 1590. The molecule has 0 amide bonds. The van der Waals surface area contributed by atoms with E-state index in [0.717, 1.165) is 27.3 Å². The van der Waals surface area contributed by atoms with Crippen LogP contribution < -0.4 is 0 Å². The van der Waals surface area contributed by atoms with Gasteiger partial charge >= 0.3 is 5.97 Å². The van der Waals surface area contributed by atoms with Gasteiger partial charge in [-0.05, 0) is 41.8 Å². The fraction of sp³-hybridized carbons (Fsp3) is 0.0370. The Morgan fingerprint density at radius 3 is 2.69 bits per heavy atom. The summed E-state index contributed by atoms with van der Waals surface area (Å²) in [6, 6.07) is 22.7. The molecule has 9 heteroatoms. The zero-order chi connectivity index (χ0) is 24.9. The summed E-state index contributed by atoms with van der Waals surface area (Å²) in [7, 11) is 0. The standard InChI is InChI=1S/C27H19N5O3S/c28-15-20(27-29-21-9-4-5-10-22(21)30-27)23(33)17-35-25(34)13-12-18-16-32(19-7-2-1-3-8-19)31-26(18)24-11-6-14-36-24/h1-14,16,33H,17H2,(H,29,30)/b13-12+,23-20-. The van der Waals surface area contributed by atoms with Gasteiger partial charge in [-0.2, -0.15) is 10.4 Å². The molecule has 2 aromatic carbocycles. The normalized spacial score (nSPS) is 12.0. The van der Waals surface area contributed by atoms with E-state index in [4.69, 9.17) is 9.84 Å². The van der Waals surface area contributed by atoms with Crippen LogP contribution in [0.4, 0.5) is 0 Å². The predicted octanol–water partition coefficient (Wildman–Crippen LogP) is 5.53. The molecule has 0 spiro atoms. The summed E-state index contributed by atoms with van der Waals surface area (Å²) in [6.07, 6.45) is 4.72. The van der Waals surface area contributed by atoms with Gasteiger partial charge in [0.1, 0.15) is 23.9 Å². The number of ether oxygens (including phenoxy) is 1. The first-order valence-corrected chi connectivity index (χ1v) is 11.8. The Balaban J connectivity index is 1.33. The maximum absolute atomic E-state index is 12.4. The molecule has 0 aliphatic carbocycles. The lowest BCUT2D eigenvalue weighted by Crippen LogP contribution is -2.06. The van der Waals surface area contributed by atoms with Crippen LogP contribution in [0.3, 0.4) is 0 Å². The monoisotopic (exact) mass is 493 g/mol. The summed E-state index contributed by atoms with van der Waals surface area (Å²) in [5, 5.41) is 26.6. The first-order valence-electron chi connectivity index (χ1n) is 10.9. The van der Waals surface area contributed by atoms with Crippen LogP contribution in [-0.4, -0.2) is 37.4 Å². The SMILES string of the molecule is N#C/C(=C(/O)COC(=O)/C=C/c1cn(-c2ccccc2)nc1-c1cccs1)c1nc2ccccc2[nH]1. The van der Waals surface area contributed by atoms with Gasteiger partial charge < -0.3 is 14.8 Å². The molecule has 0 aliphatic heterocycles. The van der Waals surface area contributed by atoms with Crippen molar-refractivity contribution >= 4 is 40.0 Å². The fourth-order valence-corrected chi connectivity index (χ4v) is 4.30. The number of hydrogen-bond acceptors (Lipinski definition) is 7. The highest BCUT2D eigenvalue weighted by Gasteiger charge is 2.15. The smallest absolute Gasteiger partial charge is 0.331 e. The van der Waals surface area contributed by atoms with Gasteiger partial charge in [0.2, 0.25) is 0 Å². The number of hydrogen-bond donors (Lipinski definition) is 2. The Kier molecular flexibility index (Phi) is 6.42. The van der Waals surface area contributed by atoms with Gasteiger partial charge in [0.25, 0.3) is 0 Å². The van der Waals surface area contributed by atoms with E-state index in [2.05, 4.69) is 9.97 Å². The lowest BCUT2D eigenvalue weighted by Gasteiger charge is -2.03. The van der Waals surface area contributed by atoms with Crippen molar-refractivity contribution in [1.82, 2.24) is 19.7 Å². The number of rotatable bonds is 7. The van der Waals surface area contributed by atoms with Crippen molar-refractivity contribution in [3.05, 3.63) is 102 Å². The van der Waals surface area contributed by atoms with E-state index in [1.807, 2.05) is 78.3 Å². The number of nitriles is 1. The van der Waals surface area contributed by atoms with Crippen molar-refractivity contribution in [2.24, 2.45) is 0 Å². The van der Waals surface area contributed by atoms with Crippen molar-refractivity contribution < 1.29 is 14.6 Å². The van der Waals surface area contributed by atoms with Crippen molar-refractivity contribution in [2.75, 3.05) is 6.61 Å². The Hall–Kier alpha value is -4.94. The quantitative estimate of drug-likeness (QED) is 0.133. The van der Waals surface area contributed by atoms with E-state index >= 15 is 0 Å². The van der Waals surface area contributed by atoms with E-state index in [1.54, 1.807) is 28.2 Å². The summed E-state index contributed by atoms with van der Waals surface area (Å²) in [5.74, 6) is -0.862. The molecular weight excluding hydrogens is 474 g/mol. The minimum atomic E-state index is -0.673. The molecule has 0 radical (unpaired) electrons. The Morgan fingerprint density at radius 2 is 1.94 bits per heavy atom. The number of aromatic nitrogens is 4. The molecule has 8 nitrogen and oxygen atoms in total. The number of nitrogens with one attached hydrogen (secondary N) is 1. The van der Waals surface area contributed by atoms with E-state index < -0.39 is 18.3 Å². The fourth-order valence-electron chi connectivity index (χ4n) is 3.57. The maximum Gasteiger partial charge on any atom is 0.331 e. The van der Waals surface area contributed by atoms with Gasteiger partial charge in [-0.15, -0.1) is 11.3 Å². The molecule has 0 bridgehead atoms. The third-order valence-corrected chi connectivity index (χ3v) is 6.17. The van der Waals surface area contributed by atoms with Crippen LogP contribution in [0.25, 0.3) is 38.9 Å². The van der Waals surface area contributed by atoms with Crippen LogP contribution in [0.15, 0.2) is 90.1 Å². The number of imidazole rings is 1. The molecule has 3 aromatic heterocycles. The molecule has 5 aromatic rings. The van der Waals surface area contributed by atoms with E-state index in [1.165, 1.54) is 6.08 Å². The second-order valence-electron chi connectivity index (χ2n) is 7.67. The number of esters is 1. The Labute approximate surface area is 210 Å². The number of thiophene rings is 1. The minimum absolute atomic E-state index is 0.0906. The number of benzene rings is 2. The molecule has 0 aliphatic rings. The summed E-state index contributed by atoms with van der Waals surface area (Å²) in [6.45, 7) is -0.468. The van der Waals surface area contributed by atoms with Crippen molar-refractivity contribution in [2.45, 2.75) is 0 Å². The molecule has 0 saturated carbocycles. The number of carbonyl (C=O) groups is 1. The number of H-pyrrole nitrogens is 1. The summed E-state index contributed by atoms with van der Waals surface area (Å²) >= 11 is 1.55. The summed E-state index contributed by atoms with van der Waals surface area (Å²) < 4.78 is 6.93.